The predicted molar refractivity (Wildman–Crippen MR) is 137 cm³/mol. The zero-order valence-corrected chi connectivity index (χ0v) is 20.6. The van der Waals surface area contributed by atoms with E-state index in [1.807, 2.05) is 24.3 Å². The van der Waals surface area contributed by atoms with Gasteiger partial charge in [0.25, 0.3) is 11.5 Å². The predicted octanol–water partition coefficient (Wildman–Crippen LogP) is 2.16. The van der Waals surface area contributed by atoms with Crippen LogP contribution in [0.1, 0.15) is 34.8 Å². The number of carbonyl (C=O) groups is 1. The number of aromatic amines is 1. The minimum absolute atomic E-state index is 0.0577. The number of nitrogens with one attached hydrogen (secondary N) is 2. The van der Waals surface area contributed by atoms with Gasteiger partial charge in [-0.3, -0.25) is 14.3 Å². The minimum atomic E-state index is -0.535. The summed E-state index contributed by atoms with van der Waals surface area (Å²) >= 11 is 0. The molecule has 2 aromatic carbocycles. The van der Waals surface area contributed by atoms with Crippen molar-refractivity contribution >= 4 is 22.6 Å². The van der Waals surface area contributed by atoms with Gasteiger partial charge in [0.15, 0.2) is 5.82 Å². The molecule has 2 unspecified atom stereocenters. The van der Waals surface area contributed by atoms with Gasteiger partial charge in [-0.15, -0.1) is 0 Å². The van der Waals surface area contributed by atoms with Gasteiger partial charge in [0.05, 0.1) is 43.4 Å². The highest BCUT2D eigenvalue weighted by Crippen LogP contribution is 2.33. The number of carbonyl (C=O) groups excluding carboxylic acids is 1. The van der Waals surface area contributed by atoms with Crippen molar-refractivity contribution < 1.29 is 23.8 Å². The van der Waals surface area contributed by atoms with Crippen LogP contribution in [-0.2, 0) is 11.3 Å². The Balaban J connectivity index is 1.40. The monoisotopic (exact) mass is 522 g/mol. The lowest BCUT2D eigenvalue weighted by Gasteiger charge is -2.28. The Morgan fingerprint density at radius 2 is 2.08 bits per heavy atom. The molecule has 0 aliphatic carbocycles. The van der Waals surface area contributed by atoms with E-state index in [4.69, 9.17) is 20.3 Å². The quantitative estimate of drug-likeness (QED) is 0.288. The van der Waals surface area contributed by atoms with Gasteiger partial charge in [0.2, 0.25) is 0 Å². The minimum Gasteiger partial charge on any atom is -0.496 e. The molecule has 0 spiro atoms. The van der Waals surface area contributed by atoms with E-state index < -0.39 is 17.3 Å². The van der Waals surface area contributed by atoms with Crippen molar-refractivity contribution in [2.24, 2.45) is 0 Å². The van der Waals surface area contributed by atoms with Crippen molar-refractivity contribution in [1.82, 2.24) is 25.3 Å². The second-order valence-corrected chi connectivity index (χ2v) is 9.05. The molecule has 1 aliphatic rings. The number of fused-ring (bicyclic) bond motifs is 1. The van der Waals surface area contributed by atoms with Crippen LogP contribution >= 0.6 is 0 Å². The lowest BCUT2D eigenvalue weighted by molar-refractivity contribution is -0.0403. The maximum atomic E-state index is 13.6. The SMILES string of the molecule is COc1ccc(F)cc1C(=O)NCc1ccc(-c2nn(C3CCC(CO)OC3)c3c(=O)[nH]nc(N)c23)cc1. The van der Waals surface area contributed by atoms with E-state index in [-0.39, 0.29) is 42.4 Å². The number of ether oxygens (including phenoxy) is 2. The molecular weight excluding hydrogens is 495 g/mol. The lowest BCUT2D eigenvalue weighted by Crippen LogP contribution is -2.31. The number of aliphatic hydroxyl groups is 1. The molecule has 0 saturated carbocycles. The van der Waals surface area contributed by atoms with Crippen molar-refractivity contribution in [3.05, 3.63) is 69.8 Å². The summed E-state index contributed by atoms with van der Waals surface area (Å²) in [5.41, 5.74) is 8.17. The van der Waals surface area contributed by atoms with Gasteiger partial charge in [-0.25, -0.2) is 9.49 Å². The van der Waals surface area contributed by atoms with Gasteiger partial charge in [-0.1, -0.05) is 24.3 Å². The summed E-state index contributed by atoms with van der Waals surface area (Å²) in [7, 11) is 1.41. The number of halogens is 1. The maximum absolute atomic E-state index is 13.6. The Morgan fingerprint density at radius 1 is 1.29 bits per heavy atom. The summed E-state index contributed by atoms with van der Waals surface area (Å²) in [6.07, 6.45) is 1.09. The summed E-state index contributed by atoms with van der Waals surface area (Å²) < 4.78 is 26.1. The molecule has 0 radical (unpaired) electrons. The van der Waals surface area contributed by atoms with Crippen molar-refractivity contribution in [2.45, 2.75) is 31.5 Å². The molecule has 2 aromatic heterocycles. The number of H-pyrrole nitrogens is 1. The topological polar surface area (TPSA) is 157 Å². The van der Waals surface area contributed by atoms with Crippen LogP contribution in [0.4, 0.5) is 10.2 Å². The van der Waals surface area contributed by atoms with Gasteiger partial charge in [0, 0.05) is 12.1 Å². The third-order valence-electron chi connectivity index (χ3n) is 6.64. The molecule has 5 N–H and O–H groups in total. The number of hydrogen-bond acceptors (Lipinski definition) is 8. The van der Waals surface area contributed by atoms with Crippen LogP contribution < -0.4 is 21.3 Å². The molecule has 1 aliphatic heterocycles. The van der Waals surface area contributed by atoms with Crippen LogP contribution in [0.2, 0.25) is 0 Å². The lowest BCUT2D eigenvalue weighted by atomic mass is 10.1. The fraction of sp³-hybridized carbons (Fsp3) is 0.308. The standard InChI is InChI=1S/C26H27FN6O5/c1-37-20-9-6-16(27)10-19(20)25(35)29-11-14-2-4-15(5-3-14)22-21-23(26(36)31-30-24(21)28)33(32-22)17-7-8-18(12-34)38-13-17/h2-6,9-10,17-18,34H,7-8,11-13H2,1H3,(H2,28,30)(H,29,35)(H,31,36). The van der Waals surface area contributed by atoms with Crippen LogP contribution in [0.3, 0.4) is 0 Å². The maximum Gasteiger partial charge on any atom is 0.290 e. The molecule has 1 amide bonds. The highest BCUT2D eigenvalue weighted by molar-refractivity contribution is 5.99. The molecule has 12 heteroatoms. The molecule has 3 heterocycles. The Kier molecular flexibility index (Phi) is 7.07. The van der Waals surface area contributed by atoms with E-state index in [1.54, 1.807) is 4.68 Å². The van der Waals surface area contributed by atoms with Crippen LogP contribution in [0.15, 0.2) is 47.3 Å². The third-order valence-corrected chi connectivity index (χ3v) is 6.64. The van der Waals surface area contributed by atoms with Gasteiger partial charge >= 0.3 is 0 Å². The number of rotatable bonds is 7. The van der Waals surface area contributed by atoms with Crippen LogP contribution in [0, 0.1) is 5.82 Å². The molecule has 38 heavy (non-hydrogen) atoms. The molecular formula is C26H27FN6O5. The first-order valence-electron chi connectivity index (χ1n) is 12.1. The molecule has 198 valence electrons. The number of nitrogen functional groups attached to an aromatic ring is 1. The van der Waals surface area contributed by atoms with E-state index in [2.05, 4.69) is 15.5 Å². The Hall–Kier alpha value is -4.29. The summed E-state index contributed by atoms with van der Waals surface area (Å²) in [4.78, 5) is 25.4. The number of hydrogen-bond donors (Lipinski definition) is 4. The highest BCUT2D eigenvalue weighted by atomic mass is 19.1. The van der Waals surface area contributed by atoms with Crippen LogP contribution in [0.25, 0.3) is 22.2 Å². The number of methoxy groups -OCH3 is 1. The van der Waals surface area contributed by atoms with E-state index in [9.17, 15) is 19.1 Å². The van der Waals surface area contributed by atoms with Crippen molar-refractivity contribution in [3.63, 3.8) is 0 Å². The third kappa shape index (κ3) is 4.83. The Labute approximate surface area is 216 Å². The Bertz CT molecular complexity index is 1530. The molecule has 2 atom stereocenters. The van der Waals surface area contributed by atoms with E-state index in [1.165, 1.54) is 19.2 Å². The van der Waals surface area contributed by atoms with Crippen LogP contribution in [-0.4, -0.2) is 57.4 Å². The second-order valence-electron chi connectivity index (χ2n) is 9.05. The zero-order chi connectivity index (χ0) is 26.8. The molecule has 1 saturated heterocycles. The van der Waals surface area contributed by atoms with Crippen molar-refractivity contribution in [2.75, 3.05) is 26.1 Å². The molecule has 0 bridgehead atoms. The average Bonchev–Trinajstić information content (AvgIpc) is 3.36. The molecule has 1 fully saturated rings. The summed E-state index contributed by atoms with van der Waals surface area (Å²) in [6, 6.07) is 10.8. The van der Waals surface area contributed by atoms with E-state index in [0.29, 0.717) is 41.6 Å². The first-order chi connectivity index (χ1) is 18.4. The normalized spacial score (nSPS) is 17.4. The molecule has 4 aromatic rings. The number of aliphatic hydroxyl groups excluding tert-OH is 1. The largest absolute Gasteiger partial charge is 0.496 e. The van der Waals surface area contributed by atoms with Gasteiger partial charge in [-0.05, 0) is 36.6 Å². The number of anilines is 1. The first kappa shape index (κ1) is 25.4. The number of amides is 1. The van der Waals surface area contributed by atoms with Gasteiger partial charge in [-0.2, -0.15) is 10.2 Å². The highest BCUT2D eigenvalue weighted by Gasteiger charge is 2.28. The second kappa shape index (κ2) is 10.6. The molecule has 5 rings (SSSR count). The smallest absolute Gasteiger partial charge is 0.290 e. The average molecular weight is 523 g/mol. The summed E-state index contributed by atoms with van der Waals surface area (Å²) in [6.45, 7) is 0.443. The van der Waals surface area contributed by atoms with Gasteiger partial charge in [0.1, 0.15) is 22.8 Å². The number of nitrogens with zero attached hydrogens (tertiary/aromatic N) is 3. The number of nitrogens with two attached hydrogens (primary N) is 1. The number of aromatic nitrogens is 4. The fourth-order valence-corrected chi connectivity index (χ4v) is 4.63. The first-order valence-corrected chi connectivity index (χ1v) is 12.1. The fourth-order valence-electron chi connectivity index (χ4n) is 4.63. The van der Waals surface area contributed by atoms with Gasteiger partial charge < -0.3 is 25.6 Å². The summed E-state index contributed by atoms with van der Waals surface area (Å²) in [5.74, 6) is -0.580. The van der Waals surface area contributed by atoms with Crippen molar-refractivity contribution in [1.29, 1.82) is 0 Å². The molecule has 11 nitrogen and oxygen atoms in total. The van der Waals surface area contributed by atoms with E-state index >= 15 is 0 Å². The summed E-state index contributed by atoms with van der Waals surface area (Å²) in [5, 5.41) is 23.7. The zero-order valence-electron chi connectivity index (χ0n) is 20.6. The van der Waals surface area contributed by atoms with Crippen LogP contribution in [0.5, 0.6) is 5.75 Å². The van der Waals surface area contributed by atoms with Crippen molar-refractivity contribution in [3.8, 4) is 17.0 Å². The number of benzene rings is 2. The van der Waals surface area contributed by atoms with E-state index in [0.717, 1.165) is 11.6 Å². The Morgan fingerprint density at radius 3 is 2.76 bits per heavy atom.